The number of hydrogen-bond donors (Lipinski definition) is 2. The molecule has 0 bridgehead atoms. The van der Waals surface area contributed by atoms with Crippen molar-refractivity contribution >= 4 is 51.0 Å². The molecule has 2 aromatic rings. The molecule has 3 rings (SSSR count). The van der Waals surface area contributed by atoms with E-state index in [2.05, 4.69) is 62.2 Å². The van der Waals surface area contributed by atoms with E-state index in [1.807, 2.05) is 18.2 Å². The van der Waals surface area contributed by atoms with Crippen LogP contribution < -0.4 is 11.4 Å². The Morgan fingerprint density at radius 3 is 2.81 bits per heavy atom. The number of ether oxygens (including phenoxy) is 2. The summed E-state index contributed by atoms with van der Waals surface area (Å²) in [5.41, 5.74) is 5.81. The zero-order valence-corrected chi connectivity index (χ0v) is 17.7. The average Bonchev–Trinajstić information content (AvgIpc) is 2.91. The van der Waals surface area contributed by atoms with Gasteiger partial charge >= 0.3 is 5.69 Å². The average molecular weight is 579 g/mol. The fourth-order valence-corrected chi connectivity index (χ4v) is 4.46. The molecule has 1 aliphatic heterocycles. The van der Waals surface area contributed by atoms with Gasteiger partial charge < -0.3 is 20.3 Å². The molecular weight excluding hydrogens is 564 g/mol. The lowest BCUT2D eigenvalue weighted by Crippen LogP contribution is -2.28. The third kappa shape index (κ3) is 4.87. The molecule has 0 radical (unpaired) electrons. The van der Waals surface area contributed by atoms with Crippen molar-refractivity contribution in [2.24, 2.45) is 0 Å². The standard InChI is InChI=1S/C17H15I2N3O4/c18-11-5-10(6-12(19)7-11)2-4-25-9-14-13(23)8-16(26-14)22-3-1-15(20)21-17(22)24/h1,3,5-7,13-14,16,23H,8-9H2,(H2,20,21,24)/t13-,14+,16+/m0/s1. The molecule has 1 aliphatic rings. The molecule has 0 saturated carbocycles. The van der Waals surface area contributed by atoms with Gasteiger partial charge in [-0.1, -0.05) is 0 Å². The van der Waals surface area contributed by atoms with E-state index in [4.69, 9.17) is 15.2 Å². The van der Waals surface area contributed by atoms with E-state index < -0.39 is 24.1 Å². The Balaban J connectivity index is 1.59. The molecule has 136 valence electrons. The highest BCUT2D eigenvalue weighted by atomic mass is 127. The van der Waals surface area contributed by atoms with Crippen LogP contribution in [-0.2, 0) is 9.47 Å². The van der Waals surface area contributed by atoms with E-state index >= 15 is 0 Å². The lowest BCUT2D eigenvalue weighted by atomic mass is 10.2. The number of hydrogen-bond acceptors (Lipinski definition) is 6. The van der Waals surface area contributed by atoms with E-state index in [9.17, 15) is 9.90 Å². The summed E-state index contributed by atoms with van der Waals surface area (Å²) in [4.78, 5) is 15.5. The second-order valence-corrected chi connectivity index (χ2v) is 8.16. The van der Waals surface area contributed by atoms with Crippen molar-refractivity contribution in [1.82, 2.24) is 9.55 Å². The number of nitrogens with two attached hydrogens (primary N) is 1. The summed E-state index contributed by atoms with van der Waals surface area (Å²) in [6.45, 7) is 0.100. The van der Waals surface area contributed by atoms with Crippen molar-refractivity contribution in [2.45, 2.75) is 24.9 Å². The Hall–Kier alpha value is -1.36. The summed E-state index contributed by atoms with van der Waals surface area (Å²) in [5, 5.41) is 10.1. The number of nitrogens with zero attached hydrogens (tertiary/aromatic N) is 2. The monoisotopic (exact) mass is 579 g/mol. The number of anilines is 1. The summed E-state index contributed by atoms with van der Waals surface area (Å²) in [7, 11) is 0. The highest BCUT2D eigenvalue weighted by Crippen LogP contribution is 2.27. The van der Waals surface area contributed by atoms with Crippen LogP contribution in [0.25, 0.3) is 0 Å². The van der Waals surface area contributed by atoms with Crippen molar-refractivity contribution in [3.05, 3.63) is 53.7 Å². The van der Waals surface area contributed by atoms with Gasteiger partial charge in [-0.2, -0.15) is 4.98 Å². The quantitative estimate of drug-likeness (QED) is 0.425. The lowest BCUT2D eigenvalue weighted by molar-refractivity contribution is -0.0457. The van der Waals surface area contributed by atoms with E-state index in [0.29, 0.717) is 0 Å². The summed E-state index contributed by atoms with van der Waals surface area (Å²) in [6.07, 6.45) is 2.46. The first-order valence-electron chi connectivity index (χ1n) is 7.69. The van der Waals surface area contributed by atoms with Crippen molar-refractivity contribution in [2.75, 3.05) is 12.3 Å². The van der Waals surface area contributed by atoms with Gasteiger partial charge in [0.25, 0.3) is 0 Å². The normalized spacial score (nSPS) is 21.9. The highest BCUT2D eigenvalue weighted by molar-refractivity contribution is 14.1. The number of aromatic nitrogens is 2. The zero-order chi connectivity index (χ0) is 18.7. The van der Waals surface area contributed by atoms with Gasteiger partial charge in [-0.3, -0.25) is 4.57 Å². The Kier molecular flexibility index (Phi) is 6.38. The summed E-state index contributed by atoms with van der Waals surface area (Å²) >= 11 is 4.46. The van der Waals surface area contributed by atoms with Gasteiger partial charge in [-0.05, 0) is 75.4 Å². The Morgan fingerprint density at radius 1 is 1.38 bits per heavy atom. The largest absolute Gasteiger partial charge is 0.443 e. The summed E-state index contributed by atoms with van der Waals surface area (Å²) in [5.74, 6) is 3.07. The molecule has 3 atom stereocenters. The molecule has 9 heteroatoms. The van der Waals surface area contributed by atoms with Crippen LogP contribution in [0.15, 0.2) is 35.3 Å². The molecule has 1 fully saturated rings. The molecule has 1 aromatic heterocycles. The van der Waals surface area contributed by atoms with Crippen LogP contribution in [0.4, 0.5) is 5.82 Å². The van der Waals surface area contributed by atoms with Gasteiger partial charge in [-0.25, -0.2) is 4.79 Å². The first-order valence-corrected chi connectivity index (χ1v) is 9.85. The summed E-state index contributed by atoms with van der Waals surface area (Å²) < 4.78 is 14.5. The van der Waals surface area contributed by atoms with Crippen LogP contribution in [0.3, 0.4) is 0 Å². The smallest absolute Gasteiger partial charge is 0.351 e. The fraction of sp³-hybridized carbons (Fsp3) is 0.294. The van der Waals surface area contributed by atoms with Crippen molar-refractivity contribution < 1.29 is 14.6 Å². The van der Waals surface area contributed by atoms with Crippen LogP contribution in [0, 0.1) is 19.2 Å². The molecule has 1 aromatic carbocycles. The van der Waals surface area contributed by atoms with Gasteiger partial charge in [-0.15, -0.1) is 0 Å². The van der Waals surface area contributed by atoms with Crippen LogP contribution in [0.1, 0.15) is 18.2 Å². The molecule has 0 spiro atoms. The molecule has 7 nitrogen and oxygen atoms in total. The Bertz CT molecular complexity index is 902. The van der Waals surface area contributed by atoms with Crippen LogP contribution in [-0.4, -0.2) is 33.5 Å². The van der Waals surface area contributed by atoms with Gasteiger partial charge in [0.1, 0.15) is 30.9 Å². The first kappa shape index (κ1) is 19.4. The topological polar surface area (TPSA) is 99.6 Å². The third-order valence-electron chi connectivity index (χ3n) is 3.74. The minimum Gasteiger partial charge on any atom is -0.443 e. The minimum absolute atomic E-state index is 0.100. The molecule has 0 amide bonds. The second kappa shape index (κ2) is 8.55. The molecule has 1 saturated heterocycles. The maximum Gasteiger partial charge on any atom is 0.351 e. The van der Waals surface area contributed by atoms with Crippen LogP contribution in [0.5, 0.6) is 0 Å². The van der Waals surface area contributed by atoms with Gasteiger partial charge in [0.15, 0.2) is 0 Å². The molecule has 26 heavy (non-hydrogen) atoms. The van der Waals surface area contributed by atoms with Gasteiger partial charge in [0, 0.05) is 25.3 Å². The minimum atomic E-state index is -0.759. The van der Waals surface area contributed by atoms with E-state index in [0.717, 1.165) is 12.7 Å². The SMILES string of the molecule is Nc1ccn([C@H]2C[C@H](O)[C@@H](COC#Cc3cc(I)cc(I)c3)O2)c(=O)n1. The second-order valence-electron chi connectivity index (χ2n) is 5.67. The number of rotatable bonds is 3. The van der Waals surface area contributed by atoms with Crippen LogP contribution in [0.2, 0.25) is 0 Å². The first-order chi connectivity index (χ1) is 12.4. The summed E-state index contributed by atoms with van der Waals surface area (Å²) in [6, 6.07) is 7.46. The molecule has 3 N–H and O–H groups in total. The third-order valence-corrected chi connectivity index (χ3v) is 4.99. The number of aliphatic hydroxyl groups is 1. The lowest BCUT2D eigenvalue weighted by Gasteiger charge is -2.14. The van der Waals surface area contributed by atoms with Crippen molar-refractivity contribution in [3.8, 4) is 12.0 Å². The fourth-order valence-electron chi connectivity index (χ4n) is 2.53. The maximum atomic E-state index is 11.9. The maximum absolute atomic E-state index is 11.9. The molecule has 2 heterocycles. The van der Waals surface area contributed by atoms with Crippen LogP contribution >= 0.6 is 45.2 Å². The van der Waals surface area contributed by atoms with Crippen molar-refractivity contribution in [1.29, 1.82) is 0 Å². The van der Waals surface area contributed by atoms with Gasteiger partial charge in [0.2, 0.25) is 0 Å². The number of aliphatic hydroxyl groups excluding tert-OH is 1. The van der Waals surface area contributed by atoms with E-state index in [1.165, 1.54) is 16.8 Å². The highest BCUT2D eigenvalue weighted by Gasteiger charge is 2.35. The van der Waals surface area contributed by atoms with E-state index in [-0.39, 0.29) is 18.8 Å². The number of nitrogen functional groups attached to an aromatic ring is 1. The predicted octanol–water partition coefficient (Wildman–Crippen LogP) is 1.71. The zero-order valence-electron chi connectivity index (χ0n) is 13.4. The number of benzene rings is 1. The molecule has 0 unspecified atom stereocenters. The molecule has 0 aliphatic carbocycles. The number of halogens is 2. The van der Waals surface area contributed by atoms with Gasteiger partial charge in [0.05, 0.1) is 6.10 Å². The Morgan fingerprint density at radius 2 is 2.12 bits per heavy atom. The van der Waals surface area contributed by atoms with Crippen molar-refractivity contribution in [3.63, 3.8) is 0 Å². The van der Waals surface area contributed by atoms with E-state index in [1.54, 1.807) is 0 Å². The Labute approximate surface area is 177 Å². The predicted molar refractivity (Wildman–Crippen MR) is 112 cm³/mol. The molecular formula is C17H15I2N3O4.